The fourth-order valence-electron chi connectivity index (χ4n) is 2.47. The van der Waals surface area contributed by atoms with Gasteiger partial charge in [0.05, 0.1) is 5.02 Å². The van der Waals surface area contributed by atoms with Gasteiger partial charge in [0, 0.05) is 18.6 Å². The summed E-state index contributed by atoms with van der Waals surface area (Å²) >= 11 is 11.8. The largest absolute Gasteiger partial charge is 0.370 e. The minimum Gasteiger partial charge on any atom is -0.370 e. The van der Waals surface area contributed by atoms with Crippen LogP contribution in [0.1, 0.15) is 25.7 Å². The molecule has 1 N–H and O–H groups in total. The minimum atomic E-state index is 0.658. The van der Waals surface area contributed by atoms with Gasteiger partial charge in [0.15, 0.2) is 0 Å². The molecule has 0 aromatic carbocycles. The first-order valence-electron chi connectivity index (χ1n) is 6.21. The Hall–Kier alpha value is -0.470. The third kappa shape index (κ3) is 3.75. The minimum absolute atomic E-state index is 0.658. The van der Waals surface area contributed by atoms with Crippen molar-refractivity contribution in [3.05, 3.63) is 23.4 Å². The SMILES string of the molecule is ClCC1CCCCC1CNc1ccc(Cl)cn1. The highest BCUT2D eigenvalue weighted by atomic mass is 35.5. The van der Waals surface area contributed by atoms with E-state index in [9.17, 15) is 0 Å². The normalized spacial score (nSPS) is 24.6. The Morgan fingerprint density at radius 2 is 2.00 bits per heavy atom. The topological polar surface area (TPSA) is 24.9 Å². The molecule has 1 heterocycles. The van der Waals surface area contributed by atoms with E-state index >= 15 is 0 Å². The van der Waals surface area contributed by atoms with Gasteiger partial charge < -0.3 is 5.32 Å². The average Bonchev–Trinajstić information content (AvgIpc) is 2.38. The molecular weight excluding hydrogens is 255 g/mol. The molecule has 94 valence electrons. The van der Waals surface area contributed by atoms with Crippen molar-refractivity contribution in [1.29, 1.82) is 0 Å². The van der Waals surface area contributed by atoms with E-state index in [-0.39, 0.29) is 0 Å². The molecule has 0 amide bonds. The van der Waals surface area contributed by atoms with Gasteiger partial charge in [-0.1, -0.05) is 24.4 Å². The number of nitrogens with zero attached hydrogens (tertiary/aromatic N) is 1. The van der Waals surface area contributed by atoms with Gasteiger partial charge in [0.2, 0.25) is 0 Å². The molecule has 2 nitrogen and oxygen atoms in total. The van der Waals surface area contributed by atoms with Gasteiger partial charge in [-0.2, -0.15) is 0 Å². The fourth-order valence-corrected chi connectivity index (χ4v) is 2.99. The van der Waals surface area contributed by atoms with Crippen LogP contribution in [0.25, 0.3) is 0 Å². The van der Waals surface area contributed by atoms with E-state index in [1.807, 2.05) is 12.1 Å². The zero-order chi connectivity index (χ0) is 12.1. The maximum absolute atomic E-state index is 6.02. The number of pyridine rings is 1. The molecule has 1 aromatic heterocycles. The van der Waals surface area contributed by atoms with E-state index in [4.69, 9.17) is 23.2 Å². The highest BCUT2D eigenvalue weighted by Crippen LogP contribution is 2.30. The molecule has 1 aliphatic carbocycles. The predicted octanol–water partition coefficient (Wildman–Crippen LogP) is 4.19. The van der Waals surface area contributed by atoms with Crippen molar-refractivity contribution < 1.29 is 0 Å². The number of aromatic nitrogens is 1. The number of alkyl halides is 1. The second kappa shape index (κ2) is 6.46. The molecule has 0 saturated heterocycles. The lowest BCUT2D eigenvalue weighted by Crippen LogP contribution is -2.27. The van der Waals surface area contributed by atoms with Crippen molar-refractivity contribution in [3.8, 4) is 0 Å². The van der Waals surface area contributed by atoms with Gasteiger partial charge in [0.25, 0.3) is 0 Å². The van der Waals surface area contributed by atoms with E-state index in [1.54, 1.807) is 6.20 Å². The van der Waals surface area contributed by atoms with Gasteiger partial charge in [-0.25, -0.2) is 4.98 Å². The monoisotopic (exact) mass is 272 g/mol. The van der Waals surface area contributed by atoms with E-state index in [2.05, 4.69) is 10.3 Å². The smallest absolute Gasteiger partial charge is 0.125 e. The van der Waals surface area contributed by atoms with E-state index in [1.165, 1.54) is 25.7 Å². The van der Waals surface area contributed by atoms with Crippen molar-refractivity contribution in [1.82, 2.24) is 4.98 Å². The molecule has 2 unspecified atom stereocenters. The first-order chi connectivity index (χ1) is 8.29. The molecule has 2 rings (SSSR count). The highest BCUT2D eigenvalue weighted by molar-refractivity contribution is 6.30. The summed E-state index contributed by atoms with van der Waals surface area (Å²) in [4.78, 5) is 4.24. The van der Waals surface area contributed by atoms with Crippen LogP contribution in [0.2, 0.25) is 5.02 Å². The van der Waals surface area contributed by atoms with E-state index < -0.39 is 0 Å². The van der Waals surface area contributed by atoms with Crippen LogP contribution in [0.4, 0.5) is 5.82 Å². The Balaban J connectivity index is 1.86. The van der Waals surface area contributed by atoms with Gasteiger partial charge in [-0.15, -0.1) is 11.6 Å². The zero-order valence-electron chi connectivity index (χ0n) is 9.83. The van der Waals surface area contributed by atoms with Crippen molar-refractivity contribution in [2.45, 2.75) is 25.7 Å². The van der Waals surface area contributed by atoms with Crippen molar-refractivity contribution in [2.75, 3.05) is 17.7 Å². The van der Waals surface area contributed by atoms with E-state index in [0.717, 1.165) is 18.2 Å². The molecule has 1 aromatic rings. The Morgan fingerprint density at radius 1 is 1.24 bits per heavy atom. The van der Waals surface area contributed by atoms with Crippen LogP contribution >= 0.6 is 23.2 Å². The maximum Gasteiger partial charge on any atom is 0.125 e. The molecule has 1 saturated carbocycles. The van der Waals surface area contributed by atoms with Crippen molar-refractivity contribution in [3.63, 3.8) is 0 Å². The Labute approximate surface area is 113 Å². The summed E-state index contributed by atoms with van der Waals surface area (Å²) in [6.07, 6.45) is 6.87. The van der Waals surface area contributed by atoms with Crippen LogP contribution in [0.3, 0.4) is 0 Å². The van der Waals surface area contributed by atoms with Crippen molar-refractivity contribution in [2.24, 2.45) is 11.8 Å². The van der Waals surface area contributed by atoms with Crippen LogP contribution in [0.15, 0.2) is 18.3 Å². The van der Waals surface area contributed by atoms with Crippen LogP contribution < -0.4 is 5.32 Å². The summed E-state index contributed by atoms with van der Waals surface area (Å²) < 4.78 is 0. The number of rotatable bonds is 4. The number of nitrogens with one attached hydrogen (secondary N) is 1. The Bertz CT molecular complexity index is 340. The summed E-state index contributed by atoms with van der Waals surface area (Å²) in [7, 11) is 0. The van der Waals surface area contributed by atoms with Gasteiger partial charge in [-0.3, -0.25) is 0 Å². The third-order valence-corrected chi connectivity index (χ3v) is 4.16. The van der Waals surface area contributed by atoms with Crippen LogP contribution in [0.5, 0.6) is 0 Å². The third-order valence-electron chi connectivity index (χ3n) is 3.54. The van der Waals surface area contributed by atoms with Crippen LogP contribution in [-0.2, 0) is 0 Å². The van der Waals surface area contributed by atoms with Crippen LogP contribution in [-0.4, -0.2) is 17.4 Å². The lowest BCUT2D eigenvalue weighted by molar-refractivity contribution is 0.272. The number of hydrogen-bond donors (Lipinski definition) is 1. The second-order valence-corrected chi connectivity index (χ2v) is 5.45. The summed E-state index contributed by atoms with van der Waals surface area (Å²) in [5.41, 5.74) is 0. The molecule has 17 heavy (non-hydrogen) atoms. The number of hydrogen-bond acceptors (Lipinski definition) is 2. The van der Waals surface area contributed by atoms with Crippen LogP contribution in [0, 0.1) is 11.8 Å². The summed E-state index contributed by atoms with van der Waals surface area (Å²) in [6.45, 7) is 0.964. The average molecular weight is 273 g/mol. The molecule has 1 aliphatic rings. The zero-order valence-corrected chi connectivity index (χ0v) is 11.3. The molecule has 0 radical (unpaired) electrons. The lowest BCUT2D eigenvalue weighted by atomic mass is 9.80. The fraction of sp³-hybridized carbons (Fsp3) is 0.615. The van der Waals surface area contributed by atoms with Gasteiger partial charge in [-0.05, 0) is 36.8 Å². The first-order valence-corrected chi connectivity index (χ1v) is 7.12. The maximum atomic E-state index is 6.02. The lowest BCUT2D eigenvalue weighted by Gasteiger charge is -2.30. The Morgan fingerprint density at radius 3 is 2.65 bits per heavy atom. The highest BCUT2D eigenvalue weighted by Gasteiger charge is 2.23. The summed E-state index contributed by atoms with van der Waals surface area (Å²) in [6, 6.07) is 3.78. The van der Waals surface area contributed by atoms with Gasteiger partial charge >= 0.3 is 0 Å². The van der Waals surface area contributed by atoms with E-state index in [0.29, 0.717) is 16.9 Å². The molecule has 0 spiro atoms. The number of anilines is 1. The number of halogens is 2. The standard InChI is InChI=1S/C13H18Cl2N2/c14-7-10-3-1-2-4-11(10)8-16-13-6-5-12(15)9-17-13/h5-6,9-11H,1-4,7-8H2,(H,16,17). The summed E-state index contributed by atoms with van der Waals surface area (Å²) in [5, 5.41) is 4.05. The quantitative estimate of drug-likeness (QED) is 0.832. The summed E-state index contributed by atoms with van der Waals surface area (Å²) in [5.74, 6) is 3.01. The molecule has 0 bridgehead atoms. The molecular formula is C13H18Cl2N2. The Kier molecular flexibility index (Phi) is 4.93. The predicted molar refractivity (Wildman–Crippen MR) is 73.9 cm³/mol. The molecule has 4 heteroatoms. The molecule has 0 aliphatic heterocycles. The van der Waals surface area contributed by atoms with Gasteiger partial charge in [0.1, 0.15) is 5.82 Å². The molecule has 2 atom stereocenters. The molecule has 1 fully saturated rings. The van der Waals surface area contributed by atoms with Crippen molar-refractivity contribution >= 4 is 29.0 Å². The second-order valence-electron chi connectivity index (χ2n) is 4.70. The first kappa shape index (κ1) is 13.0.